The minimum atomic E-state index is -0.747. The predicted octanol–water partition coefficient (Wildman–Crippen LogP) is 3.00. The predicted molar refractivity (Wildman–Crippen MR) is 119 cm³/mol. The highest BCUT2D eigenvalue weighted by atomic mass is 32.1. The third-order valence-corrected chi connectivity index (χ3v) is 5.64. The van der Waals surface area contributed by atoms with Gasteiger partial charge in [0.1, 0.15) is 5.00 Å². The summed E-state index contributed by atoms with van der Waals surface area (Å²) in [6, 6.07) is 19.0. The van der Waals surface area contributed by atoms with Crippen LogP contribution in [0.3, 0.4) is 0 Å². The van der Waals surface area contributed by atoms with Crippen molar-refractivity contribution in [2.24, 2.45) is 11.5 Å². The van der Waals surface area contributed by atoms with Crippen LogP contribution in [-0.2, 0) is 13.1 Å². The molecule has 0 aliphatic rings. The van der Waals surface area contributed by atoms with E-state index in [9.17, 15) is 14.7 Å². The second-order valence-electron chi connectivity index (χ2n) is 6.82. The zero-order valence-corrected chi connectivity index (χ0v) is 17.2. The number of amides is 3. The fourth-order valence-electron chi connectivity index (χ4n) is 3.15. The van der Waals surface area contributed by atoms with E-state index in [0.29, 0.717) is 18.1 Å². The summed E-state index contributed by atoms with van der Waals surface area (Å²) in [6.45, 7) is 2.11. The van der Waals surface area contributed by atoms with E-state index in [0.717, 1.165) is 22.5 Å². The summed E-state index contributed by atoms with van der Waals surface area (Å²) < 4.78 is 0. The molecule has 0 fully saturated rings. The number of nitrogens with two attached hydrogens (primary N) is 2. The summed E-state index contributed by atoms with van der Waals surface area (Å²) in [7, 11) is 0. The minimum absolute atomic E-state index is 0.0889. The van der Waals surface area contributed by atoms with Gasteiger partial charge in [0.15, 0.2) is 0 Å². The average Bonchev–Trinajstić information content (AvgIpc) is 3.13. The SMILES string of the molecule is NC(=O)Nc1sc(-c2ccc(CN(CCO)Cc3ccccc3)cc2)cc1C(N)=O. The van der Waals surface area contributed by atoms with Gasteiger partial charge in [-0.05, 0) is 22.8 Å². The lowest BCUT2D eigenvalue weighted by atomic mass is 10.1. The van der Waals surface area contributed by atoms with Gasteiger partial charge >= 0.3 is 6.03 Å². The Hall–Kier alpha value is -3.20. The molecular formula is C22H24N4O3S. The first-order chi connectivity index (χ1) is 14.5. The van der Waals surface area contributed by atoms with Crippen LogP contribution in [0.4, 0.5) is 9.80 Å². The van der Waals surface area contributed by atoms with Crippen LogP contribution in [-0.4, -0.2) is 35.1 Å². The smallest absolute Gasteiger partial charge is 0.317 e. The molecule has 2 aromatic carbocycles. The van der Waals surface area contributed by atoms with Gasteiger partial charge in [0, 0.05) is 24.5 Å². The maximum absolute atomic E-state index is 11.6. The van der Waals surface area contributed by atoms with Gasteiger partial charge < -0.3 is 16.6 Å². The molecule has 3 aromatic rings. The summed E-state index contributed by atoms with van der Waals surface area (Å²) in [5.74, 6) is -0.626. The molecule has 8 heteroatoms. The highest BCUT2D eigenvalue weighted by Crippen LogP contribution is 2.35. The molecule has 0 atom stereocenters. The number of rotatable bonds is 9. The van der Waals surface area contributed by atoms with Crippen LogP contribution in [0.15, 0.2) is 60.7 Å². The molecule has 6 N–H and O–H groups in total. The number of thiophene rings is 1. The molecule has 30 heavy (non-hydrogen) atoms. The molecule has 1 heterocycles. The molecule has 156 valence electrons. The number of primary amides is 2. The topological polar surface area (TPSA) is 122 Å². The summed E-state index contributed by atoms with van der Waals surface area (Å²) in [5, 5.41) is 12.2. The number of urea groups is 1. The number of nitrogens with zero attached hydrogens (tertiary/aromatic N) is 1. The molecule has 0 aliphatic carbocycles. The summed E-state index contributed by atoms with van der Waals surface area (Å²) in [6.07, 6.45) is 0. The zero-order chi connectivity index (χ0) is 21.5. The van der Waals surface area contributed by atoms with E-state index in [-0.39, 0.29) is 12.2 Å². The Morgan fingerprint density at radius 3 is 2.17 bits per heavy atom. The van der Waals surface area contributed by atoms with Crippen LogP contribution in [0.25, 0.3) is 10.4 Å². The third kappa shape index (κ3) is 5.66. The minimum Gasteiger partial charge on any atom is -0.395 e. The van der Waals surface area contributed by atoms with Gasteiger partial charge in [-0.25, -0.2) is 4.79 Å². The second-order valence-corrected chi connectivity index (χ2v) is 7.88. The van der Waals surface area contributed by atoms with Crippen molar-refractivity contribution in [1.82, 2.24) is 4.90 Å². The molecule has 0 saturated carbocycles. The number of anilines is 1. The van der Waals surface area contributed by atoms with E-state index >= 15 is 0 Å². The van der Waals surface area contributed by atoms with Crippen molar-refractivity contribution < 1.29 is 14.7 Å². The number of carbonyl (C=O) groups excluding carboxylic acids is 2. The molecule has 7 nitrogen and oxygen atoms in total. The number of hydrogen-bond acceptors (Lipinski definition) is 5. The monoisotopic (exact) mass is 424 g/mol. The fourth-order valence-corrected chi connectivity index (χ4v) is 4.22. The normalized spacial score (nSPS) is 10.9. The Kier molecular flexibility index (Phi) is 7.18. The van der Waals surface area contributed by atoms with Crippen molar-refractivity contribution in [1.29, 1.82) is 0 Å². The lowest BCUT2D eigenvalue weighted by Crippen LogP contribution is -2.26. The second kappa shape index (κ2) is 10.0. The number of benzene rings is 2. The highest BCUT2D eigenvalue weighted by Gasteiger charge is 2.16. The Bertz CT molecular complexity index is 1000. The lowest BCUT2D eigenvalue weighted by Gasteiger charge is -2.21. The molecule has 3 amide bonds. The summed E-state index contributed by atoms with van der Waals surface area (Å²) in [5.41, 5.74) is 14.0. The summed E-state index contributed by atoms with van der Waals surface area (Å²) in [4.78, 5) is 25.8. The van der Waals surface area contributed by atoms with Crippen molar-refractivity contribution in [2.45, 2.75) is 13.1 Å². The van der Waals surface area contributed by atoms with Crippen LogP contribution in [0, 0.1) is 0 Å². The number of hydrogen-bond donors (Lipinski definition) is 4. The molecule has 0 unspecified atom stereocenters. The lowest BCUT2D eigenvalue weighted by molar-refractivity contribution is 0.100. The molecule has 0 bridgehead atoms. The van der Waals surface area contributed by atoms with Gasteiger partial charge in [0.2, 0.25) is 0 Å². The molecular weight excluding hydrogens is 400 g/mol. The van der Waals surface area contributed by atoms with Crippen LogP contribution in [0.5, 0.6) is 0 Å². The van der Waals surface area contributed by atoms with E-state index in [4.69, 9.17) is 11.5 Å². The van der Waals surface area contributed by atoms with Crippen molar-refractivity contribution in [2.75, 3.05) is 18.5 Å². The maximum Gasteiger partial charge on any atom is 0.317 e. The van der Waals surface area contributed by atoms with Crippen LogP contribution >= 0.6 is 11.3 Å². The molecule has 0 aliphatic heterocycles. The fraction of sp³-hybridized carbons (Fsp3) is 0.182. The number of aliphatic hydroxyl groups excluding tert-OH is 1. The quantitative estimate of drug-likeness (QED) is 0.422. The van der Waals surface area contributed by atoms with Gasteiger partial charge in [0.05, 0.1) is 12.2 Å². The van der Waals surface area contributed by atoms with Gasteiger partial charge in [0.25, 0.3) is 5.91 Å². The van der Waals surface area contributed by atoms with E-state index in [2.05, 4.69) is 22.3 Å². The van der Waals surface area contributed by atoms with E-state index in [1.165, 1.54) is 16.9 Å². The van der Waals surface area contributed by atoms with Crippen molar-refractivity contribution in [3.05, 3.63) is 77.4 Å². The Morgan fingerprint density at radius 1 is 0.967 bits per heavy atom. The first-order valence-corrected chi connectivity index (χ1v) is 10.2. The van der Waals surface area contributed by atoms with Crippen LogP contribution < -0.4 is 16.8 Å². The molecule has 0 radical (unpaired) electrons. The largest absolute Gasteiger partial charge is 0.395 e. The van der Waals surface area contributed by atoms with E-state index in [1.54, 1.807) is 6.07 Å². The Labute approximate surface area is 178 Å². The number of aliphatic hydroxyl groups is 1. The third-order valence-electron chi connectivity index (χ3n) is 4.54. The van der Waals surface area contributed by atoms with Crippen LogP contribution in [0.2, 0.25) is 0 Å². The van der Waals surface area contributed by atoms with Gasteiger partial charge in [-0.2, -0.15) is 0 Å². The number of carbonyl (C=O) groups is 2. The van der Waals surface area contributed by atoms with Gasteiger partial charge in [-0.3, -0.25) is 15.0 Å². The maximum atomic E-state index is 11.6. The highest BCUT2D eigenvalue weighted by molar-refractivity contribution is 7.20. The Morgan fingerprint density at radius 2 is 1.60 bits per heavy atom. The van der Waals surface area contributed by atoms with Crippen LogP contribution in [0.1, 0.15) is 21.5 Å². The van der Waals surface area contributed by atoms with Gasteiger partial charge in [-0.15, -0.1) is 11.3 Å². The first-order valence-electron chi connectivity index (χ1n) is 9.43. The molecule has 0 saturated heterocycles. The number of nitrogens with one attached hydrogen (secondary N) is 1. The van der Waals surface area contributed by atoms with Gasteiger partial charge in [-0.1, -0.05) is 54.6 Å². The average molecular weight is 425 g/mol. The van der Waals surface area contributed by atoms with Crippen molar-refractivity contribution in [3.63, 3.8) is 0 Å². The molecule has 3 rings (SSSR count). The Balaban J connectivity index is 1.75. The van der Waals surface area contributed by atoms with E-state index in [1.807, 2.05) is 42.5 Å². The molecule has 1 aromatic heterocycles. The summed E-state index contributed by atoms with van der Waals surface area (Å²) >= 11 is 1.24. The standard InChI is InChI=1S/C22H24N4O3S/c23-20(28)18-12-19(30-21(18)25-22(24)29)17-8-6-16(7-9-17)14-26(10-11-27)13-15-4-2-1-3-5-15/h1-9,12,27H,10-11,13-14H2,(H2,23,28)(H3,24,25,29). The van der Waals surface area contributed by atoms with Crippen molar-refractivity contribution in [3.8, 4) is 10.4 Å². The molecule has 0 spiro atoms. The van der Waals surface area contributed by atoms with Crippen molar-refractivity contribution >= 4 is 28.3 Å². The van der Waals surface area contributed by atoms with E-state index < -0.39 is 11.9 Å². The first kappa shape index (κ1) is 21.5. The zero-order valence-electron chi connectivity index (χ0n) is 16.4.